The smallest absolute Gasteiger partial charge is 0.416 e. The number of rotatable bonds is 6. The molecule has 4 rings (SSSR count). The Labute approximate surface area is 186 Å². The van der Waals surface area contributed by atoms with Crippen LogP contribution in [0.2, 0.25) is 0 Å². The molecule has 1 N–H and O–H groups in total. The molecule has 2 aromatic rings. The third kappa shape index (κ3) is 4.93. The molecule has 1 saturated heterocycles. The lowest BCUT2D eigenvalue weighted by molar-refractivity contribution is -0.157. The van der Waals surface area contributed by atoms with Crippen LogP contribution in [0.1, 0.15) is 67.9 Å². The molecule has 2 aromatic carbocycles. The van der Waals surface area contributed by atoms with E-state index in [0.29, 0.717) is 24.1 Å². The van der Waals surface area contributed by atoms with Crippen LogP contribution in [0, 0.1) is 5.92 Å². The number of nitrogens with one attached hydrogen (secondary N) is 1. The van der Waals surface area contributed by atoms with E-state index in [2.05, 4.69) is 5.32 Å². The number of carbonyl (C=O) groups excluding carboxylic acids is 1. The molecule has 0 radical (unpaired) electrons. The van der Waals surface area contributed by atoms with Crippen LogP contribution in [0.3, 0.4) is 0 Å². The van der Waals surface area contributed by atoms with Gasteiger partial charge in [0.05, 0.1) is 23.8 Å². The first-order chi connectivity index (χ1) is 15.4. The van der Waals surface area contributed by atoms with Gasteiger partial charge in [-0.2, -0.15) is 13.2 Å². The topological polar surface area (TPSA) is 47.6 Å². The van der Waals surface area contributed by atoms with Gasteiger partial charge in [0.25, 0.3) is 0 Å². The van der Waals surface area contributed by atoms with Gasteiger partial charge in [-0.25, -0.2) is 0 Å². The van der Waals surface area contributed by atoms with Crippen molar-refractivity contribution in [3.8, 4) is 0 Å². The van der Waals surface area contributed by atoms with Crippen LogP contribution in [0.5, 0.6) is 0 Å². The van der Waals surface area contributed by atoms with Gasteiger partial charge in [0.1, 0.15) is 6.61 Å². The first-order valence-corrected chi connectivity index (χ1v) is 11.2. The predicted molar refractivity (Wildman–Crippen MR) is 115 cm³/mol. The highest BCUT2D eigenvalue weighted by Gasteiger charge is 2.43. The number of halogens is 3. The average Bonchev–Trinajstić information content (AvgIpc) is 2.80. The van der Waals surface area contributed by atoms with Crippen LogP contribution < -0.4 is 5.32 Å². The second-order valence-electron chi connectivity index (χ2n) is 8.54. The van der Waals surface area contributed by atoms with Gasteiger partial charge in [0, 0.05) is 23.6 Å². The fraction of sp³-hybridized carbons (Fsp3) is 0.480. The molecule has 4 atom stereocenters. The second-order valence-corrected chi connectivity index (χ2v) is 8.54. The molecule has 2 heterocycles. The lowest BCUT2D eigenvalue weighted by atomic mass is 9.76. The lowest BCUT2D eigenvalue weighted by Crippen LogP contribution is -2.40. The Morgan fingerprint density at radius 2 is 1.94 bits per heavy atom. The predicted octanol–water partition coefficient (Wildman–Crippen LogP) is 6.44. The highest BCUT2D eigenvalue weighted by Crippen LogP contribution is 2.51. The van der Waals surface area contributed by atoms with Crippen molar-refractivity contribution >= 4 is 11.7 Å². The molecule has 0 bridgehead atoms. The van der Waals surface area contributed by atoms with Crippen molar-refractivity contribution in [1.82, 2.24) is 0 Å². The lowest BCUT2D eigenvalue weighted by Gasteiger charge is -2.45. The Hall–Kier alpha value is -2.54. The Balaban J connectivity index is 1.59. The minimum atomic E-state index is -4.43. The number of carbonyl (C=O) groups is 1. The Kier molecular flexibility index (Phi) is 6.74. The summed E-state index contributed by atoms with van der Waals surface area (Å²) in [6, 6.07) is 13.6. The van der Waals surface area contributed by atoms with Crippen LogP contribution in [-0.4, -0.2) is 18.7 Å². The van der Waals surface area contributed by atoms with Crippen LogP contribution in [0.4, 0.5) is 18.9 Å². The highest BCUT2D eigenvalue weighted by molar-refractivity contribution is 5.69. The van der Waals surface area contributed by atoms with E-state index in [1.807, 2.05) is 37.3 Å². The van der Waals surface area contributed by atoms with E-state index >= 15 is 0 Å². The first kappa shape index (κ1) is 22.6. The number of unbranched alkanes of at least 4 members (excludes halogenated alkanes) is 1. The molecule has 0 aliphatic carbocycles. The highest BCUT2D eigenvalue weighted by atomic mass is 19.4. The third-order valence-corrected chi connectivity index (χ3v) is 6.30. The maximum atomic E-state index is 13.4. The second kappa shape index (κ2) is 9.53. The number of ether oxygens (including phenoxy) is 2. The van der Waals surface area contributed by atoms with Gasteiger partial charge < -0.3 is 14.8 Å². The number of hydrogen-bond donors (Lipinski definition) is 1. The molecule has 0 spiro atoms. The molecule has 1 unspecified atom stereocenters. The van der Waals surface area contributed by atoms with E-state index in [0.717, 1.165) is 30.9 Å². The molecule has 172 valence electrons. The number of fused-ring (bicyclic) bond motifs is 3. The molecule has 1 fully saturated rings. The van der Waals surface area contributed by atoms with Crippen LogP contribution >= 0.6 is 0 Å². The molecule has 0 aromatic heterocycles. The zero-order valence-corrected chi connectivity index (χ0v) is 18.0. The van der Waals surface area contributed by atoms with E-state index in [4.69, 9.17) is 9.47 Å². The molecule has 0 saturated carbocycles. The number of alkyl halides is 3. The zero-order chi connectivity index (χ0) is 22.7. The summed E-state index contributed by atoms with van der Waals surface area (Å²) in [4.78, 5) is 11.9. The van der Waals surface area contributed by atoms with Gasteiger partial charge in [-0.1, -0.05) is 43.7 Å². The van der Waals surface area contributed by atoms with Crippen LogP contribution in [-0.2, 0) is 20.4 Å². The Morgan fingerprint density at radius 1 is 1.16 bits per heavy atom. The van der Waals surface area contributed by atoms with Gasteiger partial charge in [0.15, 0.2) is 0 Å². The fourth-order valence-electron chi connectivity index (χ4n) is 4.62. The van der Waals surface area contributed by atoms with Crippen molar-refractivity contribution in [2.75, 3.05) is 11.9 Å². The van der Waals surface area contributed by atoms with Crippen molar-refractivity contribution in [2.45, 2.75) is 63.5 Å². The fourth-order valence-corrected chi connectivity index (χ4v) is 4.62. The standard InChI is InChI=1S/C25H28F3NO3/c1-2-3-9-22(30)31-15-18-11-12-19-23(16-7-5-4-6-8-16)29-21-13-10-17(25(26,27)28)14-20(21)24(19)32-18/h4-8,10,13-14,18-19,23-24,29H,2-3,9,11-12,15H2,1H3/t18?,19-,23+,24-/m0/s1. The summed E-state index contributed by atoms with van der Waals surface area (Å²) in [5.41, 5.74) is 1.54. The van der Waals surface area contributed by atoms with E-state index in [1.165, 1.54) is 12.1 Å². The summed E-state index contributed by atoms with van der Waals surface area (Å²) in [5, 5.41) is 3.45. The van der Waals surface area contributed by atoms with E-state index < -0.39 is 17.8 Å². The maximum absolute atomic E-state index is 13.4. The first-order valence-electron chi connectivity index (χ1n) is 11.2. The summed E-state index contributed by atoms with van der Waals surface area (Å²) in [6.45, 7) is 2.13. The van der Waals surface area contributed by atoms with E-state index in [9.17, 15) is 18.0 Å². The minimum absolute atomic E-state index is 0.0274. The molecular weight excluding hydrogens is 419 g/mol. The number of benzene rings is 2. The number of anilines is 1. The maximum Gasteiger partial charge on any atom is 0.416 e. The number of esters is 1. The van der Waals surface area contributed by atoms with Crippen LogP contribution in [0.15, 0.2) is 48.5 Å². The largest absolute Gasteiger partial charge is 0.463 e. The van der Waals surface area contributed by atoms with E-state index in [1.54, 1.807) is 0 Å². The Morgan fingerprint density at radius 3 is 2.66 bits per heavy atom. The van der Waals surface area contributed by atoms with Gasteiger partial charge in [-0.15, -0.1) is 0 Å². The average molecular weight is 447 g/mol. The molecule has 2 aliphatic heterocycles. The van der Waals surface area contributed by atoms with Crippen molar-refractivity contribution in [3.05, 3.63) is 65.2 Å². The molecule has 7 heteroatoms. The van der Waals surface area contributed by atoms with Gasteiger partial charge >= 0.3 is 12.1 Å². The van der Waals surface area contributed by atoms with Crippen LogP contribution in [0.25, 0.3) is 0 Å². The molecule has 4 nitrogen and oxygen atoms in total. The summed E-state index contributed by atoms with van der Waals surface area (Å²) in [7, 11) is 0. The van der Waals surface area contributed by atoms with Gasteiger partial charge in [-0.05, 0) is 43.0 Å². The summed E-state index contributed by atoms with van der Waals surface area (Å²) in [6.07, 6.45) is -1.79. The molecule has 32 heavy (non-hydrogen) atoms. The molecule has 2 aliphatic rings. The summed E-state index contributed by atoms with van der Waals surface area (Å²) < 4.78 is 51.9. The van der Waals surface area contributed by atoms with Crippen molar-refractivity contribution in [2.24, 2.45) is 5.92 Å². The minimum Gasteiger partial charge on any atom is -0.463 e. The normalized spacial score (nSPS) is 24.8. The Bertz CT molecular complexity index is 932. The van der Waals surface area contributed by atoms with Gasteiger partial charge in [-0.3, -0.25) is 4.79 Å². The third-order valence-electron chi connectivity index (χ3n) is 6.30. The van der Waals surface area contributed by atoms with Crippen molar-refractivity contribution in [3.63, 3.8) is 0 Å². The monoisotopic (exact) mass is 447 g/mol. The summed E-state index contributed by atoms with van der Waals surface area (Å²) >= 11 is 0. The van der Waals surface area contributed by atoms with E-state index in [-0.39, 0.29) is 30.6 Å². The molecule has 0 amide bonds. The van der Waals surface area contributed by atoms with Crippen molar-refractivity contribution < 1.29 is 27.4 Å². The SMILES string of the molecule is CCCCC(=O)OCC1CC[C@H]2[C@@H](c3ccccc3)Nc3ccc(C(F)(F)F)cc3[C@H]2O1. The van der Waals surface area contributed by atoms with Gasteiger partial charge in [0.2, 0.25) is 0 Å². The van der Waals surface area contributed by atoms with Crippen molar-refractivity contribution in [1.29, 1.82) is 0 Å². The zero-order valence-electron chi connectivity index (χ0n) is 18.0. The molecular formula is C25H28F3NO3. The summed E-state index contributed by atoms with van der Waals surface area (Å²) in [5.74, 6) is -0.287. The number of hydrogen-bond acceptors (Lipinski definition) is 4. The quantitative estimate of drug-likeness (QED) is 0.518.